The quantitative estimate of drug-likeness (QED) is 0.201. The molecule has 0 bridgehead atoms. The minimum Gasteiger partial charge on any atom is -0.310 e. The highest BCUT2D eigenvalue weighted by Crippen LogP contribution is 2.52. The van der Waals surface area contributed by atoms with Gasteiger partial charge < -0.3 is 4.90 Å². The van der Waals surface area contributed by atoms with Gasteiger partial charge in [-0.15, -0.1) is 0 Å². The predicted molar refractivity (Wildman–Crippen MR) is 187 cm³/mol. The van der Waals surface area contributed by atoms with Crippen LogP contribution in [0.1, 0.15) is 25.0 Å². The molecule has 1 aliphatic rings. The highest BCUT2D eigenvalue weighted by molar-refractivity contribution is 5.96. The summed E-state index contributed by atoms with van der Waals surface area (Å²) in [6.07, 6.45) is 0. The zero-order valence-corrected chi connectivity index (χ0v) is 25.0. The van der Waals surface area contributed by atoms with Crippen molar-refractivity contribution < 1.29 is 0 Å². The second-order valence-electron chi connectivity index (χ2n) is 12.2. The van der Waals surface area contributed by atoms with Crippen molar-refractivity contribution in [2.75, 3.05) is 4.90 Å². The maximum Gasteiger partial charge on any atom is 0.0540 e. The summed E-state index contributed by atoms with van der Waals surface area (Å²) in [6, 6.07) is 59.5. The topological polar surface area (TPSA) is 3.24 Å². The standard InChI is InChI=1S/C43H33N/c1-43(2)40-28-32-18-10-9-17-31(32)27-39(40)37-26-25-34(29-41(37)43)44(33-19-7-4-8-20-33)42-24-14-13-23-38(42)36-22-12-11-21-35(36)30-15-5-3-6-16-30/h3-29H,1-2H3. The van der Waals surface area contributed by atoms with Crippen molar-refractivity contribution in [2.24, 2.45) is 0 Å². The molecule has 1 nitrogen and oxygen atoms in total. The molecule has 0 saturated carbocycles. The van der Waals surface area contributed by atoms with Crippen LogP contribution in [0.25, 0.3) is 44.2 Å². The van der Waals surface area contributed by atoms with Gasteiger partial charge in [0.1, 0.15) is 0 Å². The predicted octanol–water partition coefficient (Wildman–Crippen LogP) is 11.9. The molecule has 0 spiro atoms. The maximum atomic E-state index is 2.42. The number of rotatable bonds is 5. The average molecular weight is 564 g/mol. The van der Waals surface area contributed by atoms with E-state index >= 15 is 0 Å². The molecule has 0 unspecified atom stereocenters. The van der Waals surface area contributed by atoms with E-state index in [9.17, 15) is 0 Å². The first-order valence-electron chi connectivity index (χ1n) is 15.4. The van der Waals surface area contributed by atoms with Gasteiger partial charge in [-0.25, -0.2) is 0 Å². The molecule has 7 aromatic carbocycles. The molecule has 1 aliphatic carbocycles. The Morgan fingerprint density at radius 2 is 0.955 bits per heavy atom. The number of para-hydroxylation sites is 2. The van der Waals surface area contributed by atoms with E-state index in [4.69, 9.17) is 0 Å². The minimum atomic E-state index is -0.119. The number of anilines is 3. The van der Waals surface area contributed by atoms with E-state index in [-0.39, 0.29) is 5.41 Å². The Morgan fingerprint density at radius 3 is 1.70 bits per heavy atom. The van der Waals surface area contributed by atoms with Crippen LogP contribution in [0, 0.1) is 0 Å². The minimum absolute atomic E-state index is 0.119. The van der Waals surface area contributed by atoms with Crippen molar-refractivity contribution in [3.05, 3.63) is 175 Å². The van der Waals surface area contributed by atoms with Crippen LogP contribution in [-0.2, 0) is 5.41 Å². The number of fused-ring (bicyclic) bond motifs is 4. The van der Waals surface area contributed by atoms with E-state index in [1.165, 1.54) is 55.3 Å². The number of hydrogen-bond donors (Lipinski definition) is 0. The van der Waals surface area contributed by atoms with Crippen molar-refractivity contribution in [1.29, 1.82) is 0 Å². The summed E-state index contributed by atoms with van der Waals surface area (Å²) in [4.78, 5) is 2.42. The summed E-state index contributed by atoms with van der Waals surface area (Å²) < 4.78 is 0. The molecule has 44 heavy (non-hydrogen) atoms. The summed E-state index contributed by atoms with van der Waals surface area (Å²) >= 11 is 0. The fourth-order valence-electron chi connectivity index (χ4n) is 7.04. The molecule has 210 valence electrons. The van der Waals surface area contributed by atoms with Gasteiger partial charge in [-0.05, 0) is 92.2 Å². The van der Waals surface area contributed by atoms with Crippen LogP contribution in [0.4, 0.5) is 17.1 Å². The van der Waals surface area contributed by atoms with Crippen LogP contribution in [0.2, 0.25) is 0 Å². The Hall–Kier alpha value is -5.40. The van der Waals surface area contributed by atoms with Gasteiger partial charge in [0.25, 0.3) is 0 Å². The monoisotopic (exact) mass is 563 g/mol. The molecule has 0 heterocycles. The van der Waals surface area contributed by atoms with Crippen LogP contribution >= 0.6 is 0 Å². The molecule has 0 saturated heterocycles. The van der Waals surface area contributed by atoms with Gasteiger partial charge in [-0.2, -0.15) is 0 Å². The third kappa shape index (κ3) is 4.24. The molecule has 0 atom stereocenters. The first kappa shape index (κ1) is 26.2. The third-order valence-electron chi connectivity index (χ3n) is 9.25. The van der Waals surface area contributed by atoms with Gasteiger partial charge in [0.05, 0.1) is 5.69 Å². The number of benzene rings is 7. The Kier molecular flexibility index (Phi) is 6.20. The second kappa shape index (κ2) is 10.4. The van der Waals surface area contributed by atoms with Crippen LogP contribution in [0.3, 0.4) is 0 Å². The molecule has 0 N–H and O–H groups in total. The SMILES string of the molecule is CC1(C)c2cc(N(c3ccccc3)c3ccccc3-c3ccccc3-c3ccccc3)ccc2-c2cc3ccccc3cc21. The fourth-order valence-corrected chi connectivity index (χ4v) is 7.04. The Balaban J connectivity index is 1.33. The lowest BCUT2D eigenvalue weighted by atomic mass is 9.81. The largest absolute Gasteiger partial charge is 0.310 e. The second-order valence-corrected chi connectivity index (χ2v) is 12.2. The van der Waals surface area contributed by atoms with Crippen molar-refractivity contribution in [2.45, 2.75) is 19.3 Å². The first-order valence-corrected chi connectivity index (χ1v) is 15.4. The molecule has 0 fully saturated rings. The normalized spacial score (nSPS) is 13.0. The van der Waals surface area contributed by atoms with Gasteiger partial charge in [0.15, 0.2) is 0 Å². The average Bonchev–Trinajstić information content (AvgIpc) is 3.30. The van der Waals surface area contributed by atoms with E-state index in [1.54, 1.807) is 0 Å². The lowest BCUT2D eigenvalue weighted by molar-refractivity contribution is 0.661. The van der Waals surface area contributed by atoms with Gasteiger partial charge in [0.2, 0.25) is 0 Å². The molecule has 7 aromatic rings. The van der Waals surface area contributed by atoms with Gasteiger partial charge in [0, 0.05) is 22.4 Å². The lowest BCUT2D eigenvalue weighted by Gasteiger charge is -2.30. The van der Waals surface area contributed by atoms with Crippen LogP contribution in [0.15, 0.2) is 164 Å². The van der Waals surface area contributed by atoms with Crippen molar-refractivity contribution in [1.82, 2.24) is 0 Å². The zero-order valence-electron chi connectivity index (χ0n) is 25.0. The van der Waals surface area contributed by atoms with Gasteiger partial charge >= 0.3 is 0 Å². The Morgan fingerprint density at radius 1 is 0.386 bits per heavy atom. The molecule has 0 radical (unpaired) electrons. The number of nitrogens with zero attached hydrogens (tertiary/aromatic N) is 1. The molecule has 1 heteroatoms. The highest BCUT2D eigenvalue weighted by Gasteiger charge is 2.36. The summed E-state index contributed by atoms with van der Waals surface area (Å²) in [7, 11) is 0. The summed E-state index contributed by atoms with van der Waals surface area (Å²) in [5.41, 5.74) is 13.6. The molecule has 0 aromatic heterocycles. The maximum absolute atomic E-state index is 2.42. The van der Waals surface area contributed by atoms with Gasteiger partial charge in [-0.1, -0.05) is 135 Å². The van der Waals surface area contributed by atoms with Crippen LogP contribution in [0.5, 0.6) is 0 Å². The first-order chi connectivity index (χ1) is 21.6. The highest BCUT2D eigenvalue weighted by atomic mass is 15.1. The van der Waals surface area contributed by atoms with Crippen LogP contribution in [-0.4, -0.2) is 0 Å². The summed E-state index contributed by atoms with van der Waals surface area (Å²) in [5, 5.41) is 2.58. The smallest absolute Gasteiger partial charge is 0.0540 e. The molecular weight excluding hydrogens is 530 g/mol. The van der Waals surface area contributed by atoms with E-state index in [0.29, 0.717) is 0 Å². The van der Waals surface area contributed by atoms with Crippen molar-refractivity contribution in [3.8, 4) is 33.4 Å². The van der Waals surface area contributed by atoms with Crippen molar-refractivity contribution >= 4 is 27.8 Å². The van der Waals surface area contributed by atoms with E-state index in [2.05, 4.69) is 183 Å². The lowest BCUT2D eigenvalue weighted by Crippen LogP contribution is -2.17. The van der Waals surface area contributed by atoms with E-state index in [1.807, 2.05) is 0 Å². The Labute approximate surface area is 259 Å². The molecule has 0 aliphatic heterocycles. The van der Waals surface area contributed by atoms with Crippen molar-refractivity contribution in [3.63, 3.8) is 0 Å². The van der Waals surface area contributed by atoms with Gasteiger partial charge in [-0.3, -0.25) is 0 Å². The molecule has 8 rings (SSSR count). The molecular formula is C43H33N. The summed E-state index contributed by atoms with van der Waals surface area (Å²) in [5.74, 6) is 0. The molecule has 0 amide bonds. The van der Waals surface area contributed by atoms with Crippen LogP contribution < -0.4 is 4.90 Å². The van der Waals surface area contributed by atoms with E-state index in [0.717, 1.165) is 17.1 Å². The fraction of sp³-hybridized carbons (Fsp3) is 0.0698. The number of hydrogen-bond acceptors (Lipinski definition) is 1. The zero-order chi connectivity index (χ0) is 29.7. The summed E-state index contributed by atoms with van der Waals surface area (Å²) in [6.45, 7) is 4.74. The van der Waals surface area contributed by atoms with E-state index < -0.39 is 0 Å². The Bertz CT molecular complexity index is 2140. The third-order valence-corrected chi connectivity index (χ3v) is 9.25.